The second-order valence-corrected chi connectivity index (χ2v) is 9.99. The van der Waals surface area contributed by atoms with Crippen molar-refractivity contribution in [3.8, 4) is 17.2 Å². The molecular weight excluding hydrogens is 420 g/mol. The van der Waals surface area contributed by atoms with Crippen molar-refractivity contribution >= 4 is 25.7 Å². The Morgan fingerprint density at radius 2 is 1.41 bits per heavy atom. The molecule has 0 atom stereocenters. The lowest BCUT2D eigenvalue weighted by molar-refractivity contribution is 0.323. The van der Waals surface area contributed by atoms with Crippen LogP contribution in [0.5, 0.6) is 17.2 Å². The van der Waals surface area contributed by atoms with Gasteiger partial charge in [0.05, 0.1) is 32.5 Å². The first-order valence-corrected chi connectivity index (χ1v) is 11.7. The molecule has 11 heteroatoms. The number of nitrogens with one attached hydrogen (secondary N) is 1. The predicted octanol–water partition coefficient (Wildman–Crippen LogP) is 1.90. The van der Waals surface area contributed by atoms with Gasteiger partial charge in [-0.15, -0.1) is 0 Å². The van der Waals surface area contributed by atoms with Gasteiger partial charge in [0.15, 0.2) is 11.5 Å². The molecule has 0 aliphatic heterocycles. The lowest BCUT2D eigenvalue weighted by atomic mass is 10.2. The Labute approximate surface area is 171 Å². The number of sulfonamides is 2. The van der Waals surface area contributed by atoms with Crippen LogP contribution < -0.4 is 18.9 Å². The minimum atomic E-state index is -3.81. The summed E-state index contributed by atoms with van der Waals surface area (Å²) in [7, 11) is -1.36. The standard InChI is InChI=1S/C18H24N2O7S2/c1-20(12-13-10-16(25-2)18(27-4)17(11-13)26-3)29(23,24)15-8-6-14(7-9-15)19-28(5,21)22/h6-11,19H,12H2,1-5H3. The van der Waals surface area contributed by atoms with Crippen molar-refractivity contribution < 1.29 is 31.0 Å². The number of ether oxygens (including phenoxy) is 3. The number of methoxy groups -OCH3 is 3. The molecule has 9 nitrogen and oxygen atoms in total. The highest BCUT2D eigenvalue weighted by molar-refractivity contribution is 7.92. The van der Waals surface area contributed by atoms with Crippen LogP contribution in [0, 0.1) is 0 Å². The first kappa shape index (κ1) is 22.8. The van der Waals surface area contributed by atoms with Crippen LogP contribution in [0.4, 0.5) is 5.69 Å². The molecule has 0 radical (unpaired) electrons. The van der Waals surface area contributed by atoms with Gasteiger partial charge in [0.1, 0.15) is 0 Å². The molecule has 0 amide bonds. The fourth-order valence-electron chi connectivity index (χ4n) is 2.66. The van der Waals surface area contributed by atoms with Gasteiger partial charge in [0.2, 0.25) is 25.8 Å². The summed E-state index contributed by atoms with van der Waals surface area (Å²) in [6.07, 6.45) is 1.02. The minimum Gasteiger partial charge on any atom is -0.493 e. The fraction of sp³-hybridized carbons (Fsp3) is 0.333. The summed E-state index contributed by atoms with van der Waals surface area (Å²) in [6, 6.07) is 8.81. The lowest BCUT2D eigenvalue weighted by Crippen LogP contribution is -2.26. The molecule has 2 aromatic rings. The largest absolute Gasteiger partial charge is 0.493 e. The molecular formula is C18H24N2O7S2. The van der Waals surface area contributed by atoms with E-state index in [0.717, 1.165) is 6.26 Å². The molecule has 0 bridgehead atoms. The van der Waals surface area contributed by atoms with E-state index in [1.165, 1.54) is 56.9 Å². The molecule has 0 aliphatic carbocycles. The Bertz CT molecular complexity index is 1040. The van der Waals surface area contributed by atoms with Crippen molar-refractivity contribution in [3.63, 3.8) is 0 Å². The lowest BCUT2D eigenvalue weighted by Gasteiger charge is -2.19. The number of hydrogen-bond acceptors (Lipinski definition) is 7. The first-order valence-electron chi connectivity index (χ1n) is 8.35. The van der Waals surface area contributed by atoms with Crippen molar-refractivity contribution in [1.82, 2.24) is 4.31 Å². The topological polar surface area (TPSA) is 111 Å². The van der Waals surface area contributed by atoms with Gasteiger partial charge in [-0.05, 0) is 42.0 Å². The molecule has 0 saturated heterocycles. The van der Waals surface area contributed by atoms with Crippen molar-refractivity contribution in [3.05, 3.63) is 42.0 Å². The van der Waals surface area contributed by atoms with E-state index in [-0.39, 0.29) is 17.1 Å². The summed E-state index contributed by atoms with van der Waals surface area (Å²) in [4.78, 5) is 0.0338. The highest BCUT2D eigenvalue weighted by Gasteiger charge is 2.22. The van der Waals surface area contributed by atoms with Gasteiger partial charge in [-0.3, -0.25) is 4.72 Å². The van der Waals surface area contributed by atoms with Gasteiger partial charge >= 0.3 is 0 Å². The van der Waals surface area contributed by atoms with Crippen LogP contribution in [0.2, 0.25) is 0 Å². The van der Waals surface area contributed by atoms with Crippen LogP contribution in [0.1, 0.15) is 5.56 Å². The van der Waals surface area contributed by atoms with Crippen LogP contribution >= 0.6 is 0 Å². The van der Waals surface area contributed by atoms with E-state index in [1.54, 1.807) is 12.1 Å². The Morgan fingerprint density at radius 1 is 0.897 bits per heavy atom. The second kappa shape index (κ2) is 8.89. The van der Waals surface area contributed by atoms with Crippen molar-refractivity contribution in [1.29, 1.82) is 0 Å². The van der Waals surface area contributed by atoms with Gasteiger partial charge in [-0.1, -0.05) is 0 Å². The van der Waals surface area contributed by atoms with Crippen LogP contribution in [-0.4, -0.2) is 55.8 Å². The SMILES string of the molecule is COc1cc(CN(C)S(=O)(=O)c2ccc(NS(C)(=O)=O)cc2)cc(OC)c1OC. The number of hydrogen-bond donors (Lipinski definition) is 1. The predicted molar refractivity (Wildman–Crippen MR) is 110 cm³/mol. The van der Waals surface area contributed by atoms with E-state index in [4.69, 9.17) is 14.2 Å². The molecule has 0 aliphatic rings. The maximum atomic E-state index is 12.9. The third kappa shape index (κ3) is 5.52. The second-order valence-electron chi connectivity index (χ2n) is 6.19. The molecule has 160 valence electrons. The highest BCUT2D eigenvalue weighted by Crippen LogP contribution is 2.38. The van der Waals surface area contributed by atoms with Gasteiger partial charge in [-0.25, -0.2) is 16.8 Å². The van der Waals surface area contributed by atoms with E-state index >= 15 is 0 Å². The van der Waals surface area contributed by atoms with E-state index in [1.807, 2.05) is 0 Å². The van der Waals surface area contributed by atoms with Crippen molar-refractivity contribution in [2.45, 2.75) is 11.4 Å². The van der Waals surface area contributed by atoms with E-state index < -0.39 is 20.0 Å². The van der Waals surface area contributed by atoms with Gasteiger partial charge in [0, 0.05) is 19.3 Å². The molecule has 2 aromatic carbocycles. The third-order valence-electron chi connectivity index (χ3n) is 4.00. The van der Waals surface area contributed by atoms with Gasteiger partial charge in [-0.2, -0.15) is 4.31 Å². The maximum Gasteiger partial charge on any atom is 0.243 e. The molecule has 0 heterocycles. The van der Waals surface area contributed by atoms with Crippen molar-refractivity contribution in [2.24, 2.45) is 0 Å². The average Bonchev–Trinajstić information content (AvgIpc) is 2.66. The molecule has 2 rings (SSSR count). The zero-order chi connectivity index (χ0) is 21.8. The van der Waals surface area contributed by atoms with E-state index in [2.05, 4.69) is 4.72 Å². The molecule has 29 heavy (non-hydrogen) atoms. The zero-order valence-corrected chi connectivity index (χ0v) is 18.4. The number of anilines is 1. The van der Waals surface area contributed by atoms with E-state index in [9.17, 15) is 16.8 Å². The highest BCUT2D eigenvalue weighted by atomic mass is 32.2. The number of rotatable bonds is 9. The molecule has 1 N–H and O–H groups in total. The van der Waals surface area contributed by atoms with Gasteiger partial charge < -0.3 is 14.2 Å². The third-order valence-corrected chi connectivity index (χ3v) is 6.42. The normalized spacial score (nSPS) is 11.9. The van der Waals surface area contributed by atoms with Crippen LogP contribution in [-0.2, 0) is 26.6 Å². The maximum absolute atomic E-state index is 12.9. The zero-order valence-electron chi connectivity index (χ0n) is 16.8. The summed E-state index contributed by atoms with van der Waals surface area (Å²) in [5, 5.41) is 0. The molecule has 0 aromatic heterocycles. The molecule has 0 spiro atoms. The van der Waals surface area contributed by atoms with Crippen molar-refractivity contribution in [2.75, 3.05) is 39.4 Å². The van der Waals surface area contributed by atoms with Crippen LogP contribution in [0.15, 0.2) is 41.3 Å². The van der Waals surface area contributed by atoms with Crippen LogP contribution in [0.25, 0.3) is 0 Å². The molecule has 0 fully saturated rings. The number of nitrogens with zero attached hydrogens (tertiary/aromatic N) is 1. The monoisotopic (exact) mass is 444 g/mol. The summed E-state index contributed by atoms with van der Waals surface area (Å²) in [5.41, 5.74) is 0.916. The van der Waals surface area contributed by atoms with Crippen LogP contribution in [0.3, 0.4) is 0 Å². The Hall–Kier alpha value is -2.50. The Balaban J connectivity index is 2.28. The smallest absolute Gasteiger partial charge is 0.243 e. The van der Waals surface area contributed by atoms with E-state index in [0.29, 0.717) is 22.8 Å². The first-order chi connectivity index (χ1) is 13.5. The Morgan fingerprint density at radius 3 is 1.83 bits per heavy atom. The molecule has 0 saturated carbocycles. The average molecular weight is 445 g/mol. The Kier molecular flexibility index (Phi) is 6.98. The summed E-state index contributed by atoms with van der Waals surface area (Å²) < 4.78 is 67.6. The molecule has 0 unspecified atom stereocenters. The summed E-state index contributed by atoms with van der Waals surface area (Å²) >= 11 is 0. The fourth-order valence-corrected chi connectivity index (χ4v) is 4.38. The van der Waals surface area contributed by atoms with Gasteiger partial charge in [0.25, 0.3) is 0 Å². The number of benzene rings is 2. The quantitative estimate of drug-likeness (QED) is 0.629. The minimum absolute atomic E-state index is 0.0338. The summed E-state index contributed by atoms with van der Waals surface area (Å²) in [5.74, 6) is 1.26. The summed E-state index contributed by atoms with van der Waals surface area (Å²) in [6.45, 7) is 0.0579.